The molecule has 6 heteroatoms. The molecule has 3 N–H and O–H groups in total. The smallest absolute Gasteiger partial charge is 0.408 e. The highest BCUT2D eigenvalue weighted by molar-refractivity contribution is 5.77. The molecule has 0 amide bonds. The fraction of sp³-hybridized carbons (Fsp3) is 0.364. The number of aliphatic hydroxyl groups is 2. The Bertz CT molecular complexity index is 556. The first-order valence-electron chi connectivity index (χ1n) is 5.23. The van der Waals surface area contributed by atoms with Gasteiger partial charge in [0.25, 0.3) is 0 Å². The number of aliphatic hydroxyl groups excluding tert-OH is 2. The lowest BCUT2D eigenvalue weighted by molar-refractivity contribution is 0.191. The molecule has 0 aliphatic carbocycles. The van der Waals surface area contributed by atoms with Gasteiger partial charge in [0, 0.05) is 18.8 Å². The standard InChI is InChI=1S/C11H14N2O4/c1-13(8(5-14)6-15)7-2-3-9-10(4-7)17-11(16)12-9/h2-4,8,14-15H,5-6H2,1H3,(H,12,16). The minimum Gasteiger partial charge on any atom is -0.408 e. The predicted octanol–water partition coefficient (Wildman–Crippen LogP) is -0.0895. The maximum atomic E-state index is 11.0. The molecule has 0 bridgehead atoms. The number of likely N-dealkylation sites (N-methyl/N-ethyl adjacent to an activating group) is 1. The summed E-state index contributed by atoms with van der Waals surface area (Å²) in [5.74, 6) is -0.499. The summed E-state index contributed by atoms with van der Waals surface area (Å²) in [6.07, 6.45) is 0. The van der Waals surface area contributed by atoms with E-state index in [-0.39, 0.29) is 19.3 Å². The van der Waals surface area contributed by atoms with Crippen molar-refractivity contribution in [3.63, 3.8) is 0 Å². The second-order valence-corrected chi connectivity index (χ2v) is 3.82. The molecule has 0 saturated carbocycles. The third-order valence-corrected chi connectivity index (χ3v) is 2.78. The van der Waals surface area contributed by atoms with E-state index >= 15 is 0 Å². The van der Waals surface area contributed by atoms with Crippen molar-refractivity contribution in [3.8, 4) is 0 Å². The molecule has 92 valence electrons. The highest BCUT2D eigenvalue weighted by atomic mass is 16.4. The van der Waals surface area contributed by atoms with E-state index in [1.807, 2.05) is 0 Å². The van der Waals surface area contributed by atoms with Gasteiger partial charge in [0.1, 0.15) is 0 Å². The average molecular weight is 238 g/mol. The molecule has 17 heavy (non-hydrogen) atoms. The molecule has 0 saturated heterocycles. The first kappa shape index (κ1) is 11.7. The number of nitrogens with one attached hydrogen (secondary N) is 1. The number of benzene rings is 1. The molecule has 1 aromatic heterocycles. The van der Waals surface area contributed by atoms with E-state index in [4.69, 9.17) is 14.6 Å². The predicted molar refractivity (Wildman–Crippen MR) is 63.2 cm³/mol. The van der Waals surface area contributed by atoms with E-state index in [9.17, 15) is 4.79 Å². The number of oxazole rings is 1. The molecular weight excluding hydrogens is 224 g/mol. The van der Waals surface area contributed by atoms with Crippen molar-refractivity contribution in [1.29, 1.82) is 0 Å². The summed E-state index contributed by atoms with van der Waals surface area (Å²) < 4.78 is 4.94. The third kappa shape index (κ3) is 2.17. The second kappa shape index (κ2) is 4.60. The molecule has 2 rings (SSSR count). The summed E-state index contributed by atoms with van der Waals surface area (Å²) in [5, 5.41) is 18.2. The van der Waals surface area contributed by atoms with Crippen molar-refractivity contribution in [2.24, 2.45) is 0 Å². The van der Waals surface area contributed by atoms with Gasteiger partial charge in [-0.2, -0.15) is 0 Å². The van der Waals surface area contributed by atoms with Crippen molar-refractivity contribution in [2.45, 2.75) is 6.04 Å². The van der Waals surface area contributed by atoms with Crippen LogP contribution in [-0.4, -0.2) is 41.5 Å². The van der Waals surface area contributed by atoms with Crippen LogP contribution in [0.3, 0.4) is 0 Å². The molecule has 0 spiro atoms. The zero-order valence-corrected chi connectivity index (χ0v) is 9.38. The molecule has 0 unspecified atom stereocenters. The monoisotopic (exact) mass is 238 g/mol. The van der Waals surface area contributed by atoms with Gasteiger partial charge in [0.15, 0.2) is 5.58 Å². The Morgan fingerprint density at radius 3 is 2.76 bits per heavy atom. The van der Waals surface area contributed by atoms with Crippen LogP contribution >= 0.6 is 0 Å². The van der Waals surface area contributed by atoms with Crippen LogP contribution in [0.5, 0.6) is 0 Å². The van der Waals surface area contributed by atoms with Gasteiger partial charge in [0.2, 0.25) is 0 Å². The molecule has 0 aliphatic heterocycles. The number of aromatic nitrogens is 1. The molecule has 0 aliphatic rings. The number of fused-ring (bicyclic) bond motifs is 1. The van der Waals surface area contributed by atoms with Gasteiger partial charge in [-0.3, -0.25) is 4.98 Å². The van der Waals surface area contributed by atoms with Gasteiger partial charge in [-0.1, -0.05) is 0 Å². The van der Waals surface area contributed by atoms with Gasteiger partial charge in [-0.25, -0.2) is 4.79 Å². The highest BCUT2D eigenvalue weighted by Gasteiger charge is 2.14. The van der Waals surface area contributed by atoms with E-state index in [2.05, 4.69) is 4.98 Å². The van der Waals surface area contributed by atoms with E-state index in [0.717, 1.165) is 5.69 Å². The van der Waals surface area contributed by atoms with Crippen LogP contribution in [-0.2, 0) is 0 Å². The Kier molecular flexibility index (Phi) is 3.16. The van der Waals surface area contributed by atoms with Crippen molar-refractivity contribution < 1.29 is 14.6 Å². The third-order valence-electron chi connectivity index (χ3n) is 2.78. The summed E-state index contributed by atoms with van der Waals surface area (Å²) in [7, 11) is 1.75. The zero-order valence-electron chi connectivity index (χ0n) is 9.38. The Hall–Kier alpha value is -1.79. The normalized spacial score (nSPS) is 11.3. The van der Waals surface area contributed by atoms with Crippen molar-refractivity contribution in [2.75, 3.05) is 25.2 Å². The second-order valence-electron chi connectivity index (χ2n) is 3.82. The van der Waals surface area contributed by atoms with Gasteiger partial charge >= 0.3 is 5.76 Å². The lowest BCUT2D eigenvalue weighted by Crippen LogP contribution is -2.37. The van der Waals surface area contributed by atoms with Gasteiger partial charge in [-0.05, 0) is 12.1 Å². The maximum absolute atomic E-state index is 11.0. The number of nitrogens with zero attached hydrogens (tertiary/aromatic N) is 1. The minimum absolute atomic E-state index is 0.151. The van der Waals surface area contributed by atoms with Crippen LogP contribution in [0.1, 0.15) is 0 Å². The van der Waals surface area contributed by atoms with E-state index < -0.39 is 5.76 Å². The lowest BCUT2D eigenvalue weighted by Gasteiger charge is -2.26. The van der Waals surface area contributed by atoms with Gasteiger partial charge in [0.05, 0.1) is 24.8 Å². The number of hydrogen-bond donors (Lipinski definition) is 3. The summed E-state index contributed by atoms with van der Waals surface area (Å²) in [4.78, 5) is 15.3. The highest BCUT2D eigenvalue weighted by Crippen LogP contribution is 2.20. The molecule has 0 radical (unpaired) electrons. The fourth-order valence-corrected chi connectivity index (χ4v) is 1.67. The van der Waals surface area contributed by atoms with Crippen molar-refractivity contribution >= 4 is 16.8 Å². The van der Waals surface area contributed by atoms with Crippen LogP contribution in [0.4, 0.5) is 5.69 Å². The Morgan fingerprint density at radius 2 is 2.12 bits per heavy atom. The first-order valence-corrected chi connectivity index (χ1v) is 5.23. The topological polar surface area (TPSA) is 89.7 Å². The molecular formula is C11H14N2O4. The molecule has 0 atom stereocenters. The average Bonchev–Trinajstić information content (AvgIpc) is 2.69. The Morgan fingerprint density at radius 1 is 1.41 bits per heavy atom. The Labute approximate surface area is 97.1 Å². The summed E-state index contributed by atoms with van der Waals surface area (Å²) in [6.45, 7) is -0.301. The largest absolute Gasteiger partial charge is 0.417 e. The summed E-state index contributed by atoms with van der Waals surface area (Å²) in [6, 6.07) is 4.81. The zero-order chi connectivity index (χ0) is 12.4. The van der Waals surface area contributed by atoms with Crippen molar-refractivity contribution in [3.05, 3.63) is 28.7 Å². The van der Waals surface area contributed by atoms with Crippen LogP contribution in [0.2, 0.25) is 0 Å². The number of aromatic amines is 1. The molecule has 1 heterocycles. The van der Waals surface area contributed by atoms with Gasteiger partial charge in [-0.15, -0.1) is 0 Å². The first-order chi connectivity index (χ1) is 8.15. The van der Waals surface area contributed by atoms with Crippen LogP contribution < -0.4 is 10.7 Å². The lowest BCUT2D eigenvalue weighted by atomic mass is 10.2. The fourth-order valence-electron chi connectivity index (χ4n) is 1.67. The quantitative estimate of drug-likeness (QED) is 0.692. The van der Waals surface area contributed by atoms with Crippen LogP contribution in [0.25, 0.3) is 11.1 Å². The Balaban J connectivity index is 2.38. The number of hydrogen-bond acceptors (Lipinski definition) is 5. The molecule has 1 aromatic carbocycles. The number of H-pyrrole nitrogens is 1. The summed E-state index contributed by atoms with van der Waals surface area (Å²) in [5.41, 5.74) is 1.83. The SMILES string of the molecule is CN(c1ccc2[nH]c(=O)oc2c1)C(CO)CO. The van der Waals surface area contributed by atoms with Crippen LogP contribution in [0, 0.1) is 0 Å². The number of anilines is 1. The van der Waals surface area contributed by atoms with Crippen molar-refractivity contribution in [1.82, 2.24) is 4.98 Å². The summed E-state index contributed by atoms with van der Waals surface area (Å²) >= 11 is 0. The van der Waals surface area contributed by atoms with E-state index in [1.54, 1.807) is 30.1 Å². The van der Waals surface area contributed by atoms with E-state index in [1.165, 1.54) is 0 Å². The minimum atomic E-state index is -0.499. The van der Waals surface area contributed by atoms with Crippen LogP contribution in [0.15, 0.2) is 27.4 Å². The molecule has 2 aromatic rings. The van der Waals surface area contributed by atoms with E-state index in [0.29, 0.717) is 11.1 Å². The maximum Gasteiger partial charge on any atom is 0.417 e. The van der Waals surface area contributed by atoms with Gasteiger partial charge < -0.3 is 19.5 Å². The number of rotatable bonds is 4. The molecule has 0 fully saturated rings. The molecule has 6 nitrogen and oxygen atoms in total.